The number of Topliss-reactive ketones (excluding diaryl/α,β-unsaturated/α-hetero) is 1. The number of fused-ring (bicyclic) bond motifs is 2. The molecule has 6 rings (SSSR count). The van der Waals surface area contributed by atoms with E-state index in [2.05, 4.69) is 22.8 Å². The summed E-state index contributed by atoms with van der Waals surface area (Å²) in [6.07, 6.45) is 2.60. The van der Waals surface area contributed by atoms with E-state index < -0.39 is 6.04 Å². The van der Waals surface area contributed by atoms with Crippen LogP contribution in [0.15, 0.2) is 99.5 Å². The maximum Gasteiger partial charge on any atom is 0.198 e. The Morgan fingerprint density at radius 3 is 2.47 bits per heavy atom. The van der Waals surface area contributed by atoms with E-state index in [1.165, 1.54) is 6.26 Å². The summed E-state index contributed by atoms with van der Waals surface area (Å²) in [5, 5.41) is 7.52. The van der Waals surface area contributed by atoms with Gasteiger partial charge in [0.1, 0.15) is 11.8 Å². The number of anilines is 2. The van der Waals surface area contributed by atoms with Gasteiger partial charge >= 0.3 is 0 Å². The van der Waals surface area contributed by atoms with Crippen molar-refractivity contribution in [2.45, 2.75) is 31.7 Å². The first-order valence-electron chi connectivity index (χ1n) is 11.5. The highest BCUT2D eigenvalue weighted by molar-refractivity contribution is 6.01. The fourth-order valence-electron chi connectivity index (χ4n) is 5.15. The minimum absolute atomic E-state index is 0.0386. The van der Waals surface area contributed by atoms with Gasteiger partial charge < -0.3 is 15.1 Å². The highest BCUT2D eigenvalue weighted by Crippen LogP contribution is 2.43. The fraction of sp³-hybridized carbons (Fsp3) is 0.172. The lowest BCUT2D eigenvalue weighted by molar-refractivity contribution is -0.116. The molecule has 0 radical (unpaired) electrons. The van der Waals surface area contributed by atoms with Gasteiger partial charge in [-0.05, 0) is 49.1 Å². The van der Waals surface area contributed by atoms with E-state index in [0.717, 1.165) is 28.2 Å². The van der Waals surface area contributed by atoms with E-state index >= 15 is 0 Å². The van der Waals surface area contributed by atoms with Gasteiger partial charge in [-0.1, -0.05) is 54.1 Å². The molecular weight excluding hydrogens is 424 g/mol. The lowest BCUT2D eigenvalue weighted by atomic mass is 9.78. The van der Waals surface area contributed by atoms with Crippen LogP contribution in [0.25, 0.3) is 11.0 Å². The summed E-state index contributed by atoms with van der Waals surface area (Å²) in [6.45, 7) is 1.95. The SMILES string of the molecule is Cc1ccc2occ(C3Nc4ccccc4NC4=C3C(=O)CC(c3ccccc3)C4)c(=O)c2c1. The van der Waals surface area contributed by atoms with Gasteiger partial charge in [0.2, 0.25) is 0 Å². The molecule has 1 aliphatic heterocycles. The van der Waals surface area contributed by atoms with Gasteiger partial charge in [-0.2, -0.15) is 0 Å². The molecule has 0 bridgehead atoms. The van der Waals surface area contributed by atoms with Crippen LogP contribution in [-0.2, 0) is 4.79 Å². The summed E-state index contributed by atoms with van der Waals surface area (Å²) < 4.78 is 5.87. The maximum atomic E-state index is 13.7. The molecule has 2 unspecified atom stereocenters. The third-order valence-electron chi connectivity index (χ3n) is 6.85. The maximum absolute atomic E-state index is 13.7. The number of carbonyl (C=O) groups excluding carboxylic acids is 1. The average molecular weight is 449 g/mol. The van der Waals surface area contributed by atoms with E-state index in [1.54, 1.807) is 0 Å². The van der Waals surface area contributed by atoms with Gasteiger partial charge in [-0.15, -0.1) is 0 Å². The Morgan fingerprint density at radius 2 is 1.65 bits per heavy atom. The fourth-order valence-corrected chi connectivity index (χ4v) is 5.15. The number of allylic oxidation sites excluding steroid dienone is 1. The number of nitrogens with one attached hydrogen (secondary N) is 2. The Hall–Kier alpha value is -4.12. The van der Waals surface area contributed by atoms with Crippen molar-refractivity contribution in [3.05, 3.63) is 117 Å². The quantitative estimate of drug-likeness (QED) is 0.389. The molecule has 2 aliphatic rings. The van der Waals surface area contributed by atoms with Crippen molar-refractivity contribution in [2.75, 3.05) is 10.6 Å². The Bertz CT molecular complexity index is 1520. The van der Waals surface area contributed by atoms with Crippen LogP contribution in [0.4, 0.5) is 11.4 Å². The van der Waals surface area contributed by atoms with Crippen molar-refractivity contribution >= 4 is 28.1 Å². The number of hydrogen-bond acceptors (Lipinski definition) is 5. The third kappa shape index (κ3) is 3.41. The molecule has 2 heterocycles. The normalized spacial score (nSPS) is 19.6. The van der Waals surface area contributed by atoms with Gasteiger partial charge in [0, 0.05) is 17.7 Å². The topological polar surface area (TPSA) is 71.3 Å². The van der Waals surface area contributed by atoms with Gasteiger partial charge in [0.05, 0.1) is 28.4 Å². The van der Waals surface area contributed by atoms with Crippen molar-refractivity contribution in [2.24, 2.45) is 0 Å². The molecule has 5 heteroatoms. The molecule has 168 valence electrons. The standard InChI is InChI=1S/C29H24N2O3/c1-17-11-12-26-20(13-17)29(33)21(16-34-26)28-27-24(30-22-9-5-6-10-23(22)31-28)14-19(15-25(27)32)18-7-3-2-4-8-18/h2-13,16,19,28,30-31H,14-15H2,1H3. The number of aryl methyl sites for hydroxylation is 1. The number of hydrogen-bond donors (Lipinski definition) is 2. The number of benzene rings is 3. The summed E-state index contributed by atoms with van der Waals surface area (Å²) in [7, 11) is 0. The Balaban J connectivity index is 1.53. The van der Waals surface area contributed by atoms with Crippen molar-refractivity contribution < 1.29 is 9.21 Å². The van der Waals surface area contributed by atoms with E-state index in [-0.39, 0.29) is 17.1 Å². The van der Waals surface area contributed by atoms with Crippen LogP contribution in [0.3, 0.4) is 0 Å². The van der Waals surface area contributed by atoms with Crippen LogP contribution in [0.5, 0.6) is 0 Å². The van der Waals surface area contributed by atoms with Crippen LogP contribution in [0.1, 0.15) is 41.5 Å². The van der Waals surface area contributed by atoms with Gasteiger partial charge in [-0.3, -0.25) is 9.59 Å². The molecule has 0 saturated heterocycles. The minimum Gasteiger partial charge on any atom is -0.464 e. The zero-order chi connectivity index (χ0) is 23.2. The first-order valence-corrected chi connectivity index (χ1v) is 11.5. The van der Waals surface area contributed by atoms with Crippen molar-refractivity contribution in [3.8, 4) is 0 Å². The molecule has 34 heavy (non-hydrogen) atoms. The zero-order valence-corrected chi connectivity index (χ0v) is 18.8. The number of para-hydroxylation sites is 2. The number of rotatable bonds is 2. The van der Waals surface area contributed by atoms with Crippen LogP contribution in [-0.4, -0.2) is 5.78 Å². The summed E-state index contributed by atoms with van der Waals surface area (Å²) in [5.74, 6) is 0.123. The Kier molecular flexibility index (Phi) is 4.84. The predicted octanol–water partition coefficient (Wildman–Crippen LogP) is 6.08. The monoisotopic (exact) mass is 448 g/mol. The van der Waals surface area contributed by atoms with Crippen LogP contribution in [0, 0.1) is 6.92 Å². The Morgan fingerprint density at radius 1 is 0.882 bits per heavy atom. The molecule has 3 aromatic carbocycles. The molecular formula is C29H24N2O3. The first-order chi connectivity index (χ1) is 16.6. The molecule has 0 amide bonds. The molecule has 5 nitrogen and oxygen atoms in total. The molecule has 0 saturated carbocycles. The van der Waals surface area contributed by atoms with Crippen molar-refractivity contribution in [3.63, 3.8) is 0 Å². The largest absolute Gasteiger partial charge is 0.464 e. The molecule has 2 N–H and O–H groups in total. The lowest BCUT2D eigenvalue weighted by Crippen LogP contribution is -2.29. The highest BCUT2D eigenvalue weighted by atomic mass is 16.3. The number of ketones is 1. The smallest absolute Gasteiger partial charge is 0.198 e. The lowest BCUT2D eigenvalue weighted by Gasteiger charge is -2.29. The zero-order valence-electron chi connectivity index (χ0n) is 18.8. The van der Waals surface area contributed by atoms with Gasteiger partial charge in [0.15, 0.2) is 11.2 Å². The van der Waals surface area contributed by atoms with Crippen LogP contribution < -0.4 is 16.1 Å². The van der Waals surface area contributed by atoms with Crippen LogP contribution >= 0.6 is 0 Å². The summed E-state index contributed by atoms with van der Waals surface area (Å²) in [5.41, 5.74) is 6.19. The summed E-state index contributed by atoms with van der Waals surface area (Å²) in [6, 6.07) is 23.0. The second kappa shape index (κ2) is 8.03. The van der Waals surface area contributed by atoms with E-state index in [9.17, 15) is 9.59 Å². The second-order valence-corrected chi connectivity index (χ2v) is 9.10. The molecule has 2 atom stereocenters. The molecule has 0 spiro atoms. The predicted molar refractivity (Wildman–Crippen MR) is 134 cm³/mol. The first kappa shape index (κ1) is 20.5. The molecule has 1 aromatic heterocycles. The second-order valence-electron chi connectivity index (χ2n) is 9.10. The minimum atomic E-state index is -0.600. The summed E-state index contributed by atoms with van der Waals surface area (Å²) >= 11 is 0. The van der Waals surface area contributed by atoms with Crippen LogP contribution in [0.2, 0.25) is 0 Å². The van der Waals surface area contributed by atoms with E-state index in [0.29, 0.717) is 34.9 Å². The van der Waals surface area contributed by atoms with E-state index in [4.69, 9.17) is 4.42 Å². The van der Waals surface area contributed by atoms with Crippen molar-refractivity contribution in [1.82, 2.24) is 0 Å². The Labute approximate surface area is 197 Å². The summed E-state index contributed by atoms with van der Waals surface area (Å²) in [4.78, 5) is 27.3. The molecule has 1 aliphatic carbocycles. The third-order valence-corrected chi connectivity index (χ3v) is 6.85. The average Bonchev–Trinajstić information content (AvgIpc) is 3.02. The van der Waals surface area contributed by atoms with E-state index in [1.807, 2.05) is 67.6 Å². The van der Waals surface area contributed by atoms with Gasteiger partial charge in [-0.25, -0.2) is 0 Å². The van der Waals surface area contributed by atoms with Crippen molar-refractivity contribution in [1.29, 1.82) is 0 Å². The highest BCUT2D eigenvalue weighted by Gasteiger charge is 2.37. The molecule has 0 fully saturated rings. The number of carbonyl (C=O) groups is 1. The molecule has 4 aromatic rings. The van der Waals surface area contributed by atoms with Gasteiger partial charge in [0.25, 0.3) is 0 Å².